The molecule has 0 spiro atoms. The van der Waals surface area contributed by atoms with Crippen LogP contribution in [0.2, 0.25) is 0 Å². The number of carbonyl (C=O) groups is 1. The molecule has 0 bridgehead atoms. The van der Waals surface area contributed by atoms with Crippen LogP contribution in [0.1, 0.15) is 37.8 Å². The van der Waals surface area contributed by atoms with E-state index >= 15 is 0 Å². The van der Waals surface area contributed by atoms with Gasteiger partial charge in [0.1, 0.15) is 6.54 Å². The molecule has 1 saturated carbocycles. The predicted octanol–water partition coefficient (Wildman–Crippen LogP) is 1.38. The lowest BCUT2D eigenvalue weighted by molar-refractivity contribution is -0.137. The highest BCUT2D eigenvalue weighted by Crippen LogP contribution is 2.38. The maximum absolute atomic E-state index is 10.5. The van der Waals surface area contributed by atoms with Gasteiger partial charge in [-0.3, -0.25) is 4.79 Å². The Bertz CT molecular complexity index is 469. The van der Waals surface area contributed by atoms with Gasteiger partial charge in [0.05, 0.1) is 17.2 Å². The third-order valence-electron chi connectivity index (χ3n) is 3.45. The van der Waals surface area contributed by atoms with Gasteiger partial charge in [0.15, 0.2) is 0 Å². The Labute approximate surface area is 105 Å². The zero-order valence-corrected chi connectivity index (χ0v) is 10.2. The number of nitrogens with zero attached hydrogens (tertiary/aromatic N) is 4. The van der Waals surface area contributed by atoms with E-state index in [1.807, 2.05) is 0 Å². The molecule has 1 aromatic heterocycles. The summed E-state index contributed by atoms with van der Waals surface area (Å²) in [7, 11) is 0. The maximum atomic E-state index is 10.5. The van der Waals surface area contributed by atoms with E-state index in [1.165, 1.54) is 11.1 Å². The van der Waals surface area contributed by atoms with Gasteiger partial charge in [-0.15, -0.1) is 5.10 Å². The Morgan fingerprint density at radius 2 is 2.22 bits per heavy atom. The fraction of sp³-hybridized carbons (Fsp3) is 0.667. The third-order valence-corrected chi connectivity index (χ3v) is 3.45. The molecule has 6 heteroatoms. The molecule has 6 nitrogen and oxygen atoms in total. The van der Waals surface area contributed by atoms with E-state index in [1.54, 1.807) is 6.20 Å². The summed E-state index contributed by atoms with van der Waals surface area (Å²) in [5.74, 6) is -0.945. The molecule has 0 atom stereocenters. The lowest BCUT2D eigenvalue weighted by Crippen LogP contribution is -2.25. The average molecular weight is 248 g/mol. The van der Waals surface area contributed by atoms with Crippen LogP contribution in [0.3, 0.4) is 0 Å². The lowest BCUT2D eigenvalue weighted by atomic mass is 9.72. The van der Waals surface area contributed by atoms with Gasteiger partial charge >= 0.3 is 5.97 Å². The minimum Gasteiger partial charge on any atom is -0.480 e. The van der Waals surface area contributed by atoms with Crippen LogP contribution in [0.15, 0.2) is 6.20 Å². The van der Waals surface area contributed by atoms with Crippen molar-refractivity contribution in [3.63, 3.8) is 0 Å². The normalized spacial score (nSPS) is 18.2. The van der Waals surface area contributed by atoms with Gasteiger partial charge in [0.25, 0.3) is 0 Å². The standard InChI is InChI=1S/C12H16N4O2/c13-9-12(4-2-1-3-5-12)6-10-7-16(15-14-10)8-11(17)18/h7H,1-6,8H2,(H,17,18). The SMILES string of the molecule is N#CC1(Cc2cn(CC(=O)O)nn2)CCCCC1. The van der Waals surface area contributed by atoms with Crippen molar-refractivity contribution in [2.45, 2.75) is 45.1 Å². The van der Waals surface area contributed by atoms with Crippen molar-refractivity contribution in [2.24, 2.45) is 5.41 Å². The molecule has 2 rings (SSSR count). The van der Waals surface area contributed by atoms with Gasteiger partial charge in [0, 0.05) is 12.6 Å². The summed E-state index contributed by atoms with van der Waals surface area (Å²) < 4.78 is 1.30. The van der Waals surface area contributed by atoms with Crippen LogP contribution >= 0.6 is 0 Å². The largest absolute Gasteiger partial charge is 0.480 e. The summed E-state index contributed by atoms with van der Waals surface area (Å²) in [6, 6.07) is 2.42. The van der Waals surface area contributed by atoms with Gasteiger partial charge in [0.2, 0.25) is 0 Å². The average Bonchev–Trinajstić information content (AvgIpc) is 2.76. The summed E-state index contributed by atoms with van der Waals surface area (Å²) in [5, 5.41) is 25.7. The zero-order valence-electron chi connectivity index (χ0n) is 10.2. The third kappa shape index (κ3) is 2.86. The zero-order chi connectivity index (χ0) is 13.0. The highest BCUT2D eigenvalue weighted by atomic mass is 16.4. The van der Waals surface area contributed by atoms with E-state index in [-0.39, 0.29) is 12.0 Å². The van der Waals surface area contributed by atoms with Crippen molar-refractivity contribution >= 4 is 5.97 Å². The number of rotatable bonds is 4. The van der Waals surface area contributed by atoms with E-state index < -0.39 is 5.97 Å². The Morgan fingerprint density at radius 3 is 2.83 bits per heavy atom. The van der Waals surface area contributed by atoms with E-state index in [9.17, 15) is 10.1 Å². The van der Waals surface area contributed by atoms with E-state index in [2.05, 4.69) is 16.4 Å². The van der Waals surface area contributed by atoms with Crippen LogP contribution in [-0.2, 0) is 17.8 Å². The predicted molar refractivity (Wildman–Crippen MR) is 62.5 cm³/mol. The summed E-state index contributed by atoms with van der Waals surface area (Å²) in [4.78, 5) is 10.5. The number of hydrogen-bond donors (Lipinski definition) is 1. The van der Waals surface area contributed by atoms with Crippen LogP contribution in [0.5, 0.6) is 0 Å². The van der Waals surface area contributed by atoms with Crippen LogP contribution in [0, 0.1) is 16.7 Å². The highest BCUT2D eigenvalue weighted by molar-refractivity contribution is 5.66. The van der Waals surface area contributed by atoms with Gasteiger partial charge in [-0.1, -0.05) is 24.5 Å². The number of hydrogen-bond acceptors (Lipinski definition) is 4. The first kappa shape index (κ1) is 12.6. The van der Waals surface area contributed by atoms with Crippen molar-refractivity contribution in [3.8, 4) is 6.07 Å². The molecule has 96 valence electrons. The van der Waals surface area contributed by atoms with Gasteiger partial charge < -0.3 is 5.11 Å². The quantitative estimate of drug-likeness (QED) is 0.869. The van der Waals surface area contributed by atoms with Crippen LogP contribution in [-0.4, -0.2) is 26.1 Å². The first-order valence-electron chi connectivity index (χ1n) is 6.16. The summed E-state index contributed by atoms with van der Waals surface area (Å²) in [5.41, 5.74) is 0.377. The molecular weight excluding hydrogens is 232 g/mol. The molecule has 0 radical (unpaired) electrons. The minimum absolute atomic E-state index is 0.188. The molecule has 0 saturated heterocycles. The molecule has 1 aliphatic rings. The smallest absolute Gasteiger partial charge is 0.325 e. The molecule has 0 aromatic carbocycles. The summed E-state index contributed by atoms with van der Waals surface area (Å²) in [6.07, 6.45) is 7.35. The van der Waals surface area contributed by atoms with Gasteiger partial charge in [-0.05, 0) is 12.8 Å². The van der Waals surface area contributed by atoms with Crippen molar-refractivity contribution < 1.29 is 9.90 Å². The molecule has 0 aliphatic heterocycles. The Hall–Kier alpha value is -1.90. The topological polar surface area (TPSA) is 91.8 Å². The first-order valence-corrected chi connectivity index (χ1v) is 6.16. The van der Waals surface area contributed by atoms with Crippen LogP contribution in [0.4, 0.5) is 0 Å². The molecule has 18 heavy (non-hydrogen) atoms. The molecule has 1 heterocycles. The van der Waals surface area contributed by atoms with Crippen molar-refractivity contribution in [1.82, 2.24) is 15.0 Å². The van der Waals surface area contributed by atoms with Crippen molar-refractivity contribution in [3.05, 3.63) is 11.9 Å². The van der Waals surface area contributed by atoms with Crippen molar-refractivity contribution in [2.75, 3.05) is 0 Å². The Morgan fingerprint density at radius 1 is 1.50 bits per heavy atom. The minimum atomic E-state index is -0.945. The summed E-state index contributed by atoms with van der Waals surface area (Å²) in [6.45, 7) is -0.188. The molecule has 1 aromatic rings. The lowest BCUT2D eigenvalue weighted by Gasteiger charge is -2.29. The first-order chi connectivity index (χ1) is 8.63. The number of aromatic nitrogens is 3. The molecule has 1 aliphatic carbocycles. The molecular formula is C12H16N4O2. The monoisotopic (exact) mass is 248 g/mol. The van der Waals surface area contributed by atoms with E-state index in [0.29, 0.717) is 12.1 Å². The van der Waals surface area contributed by atoms with Crippen LogP contribution in [0.25, 0.3) is 0 Å². The van der Waals surface area contributed by atoms with Gasteiger partial charge in [-0.2, -0.15) is 5.26 Å². The molecule has 1 N–H and O–H groups in total. The Balaban J connectivity index is 2.05. The fourth-order valence-corrected chi connectivity index (χ4v) is 2.54. The number of aliphatic carboxylic acids is 1. The summed E-state index contributed by atoms with van der Waals surface area (Å²) >= 11 is 0. The number of nitriles is 1. The molecule has 0 unspecified atom stereocenters. The van der Waals surface area contributed by atoms with Crippen molar-refractivity contribution in [1.29, 1.82) is 5.26 Å². The highest BCUT2D eigenvalue weighted by Gasteiger charge is 2.33. The molecule has 0 amide bonds. The van der Waals surface area contributed by atoms with Gasteiger partial charge in [-0.25, -0.2) is 4.68 Å². The number of carboxylic acid groups (broad SMARTS) is 1. The Kier molecular flexibility index (Phi) is 3.60. The number of carboxylic acids is 1. The molecule has 1 fully saturated rings. The second-order valence-electron chi connectivity index (χ2n) is 4.93. The van der Waals surface area contributed by atoms with E-state index in [0.717, 1.165) is 25.7 Å². The second kappa shape index (κ2) is 5.17. The second-order valence-corrected chi connectivity index (χ2v) is 4.93. The maximum Gasteiger partial charge on any atom is 0.325 e. The van der Waals surface area contributed by atoms with Crippen LogP contribution < -0.4 is 0 Å². The fourth-order valence-electron chi connectivity index (χ4n) is 2.54. The van der Waals surface area contributed by atoms with E-state index in [4.69, 9.17) is 5.11 Å².